The average molecular weight is 396 g/mol. The number of nitrogens with one attached hydrogen (secondary N) is 3. The topological polar surface area (TPSA) is 104 Å². The van der Waals surface area contributed by atoms with Crippen LogP contribution >= 0.6 is 11.3 Å². The second-order valence-electron chi connectivity index (χ2n) is 5.97. The van der Waals surface area contributed by atoms with Gasteiger partial charge in [0.05, 0.1) is 5.75 Å². The van der Waals surface area contributed by atoms with Gasteiger partial charge in [0.25, 0.3) is 0 Å². The van der Waals surface area contributed by atoms with Crippen LogP contribution < -0.4 is 14.8 Å². The molecule has 1 aromatic rings. The average Bonchev–Trinajstić information content (AvgIpc) is 2.96. The molecular weight excluding hydrogens is 370 g/mol. The minimum absolute atomic E-state index is 0.0374. The van der Waals surface area contributed by atoms with Crippen molar-refractivity contribution in [3.8, 4) is 0 Å². The first-order chi connectivity index (χ1) is 11.2. The van der Waals surface area contributed by atoms with E-state index in [1.807, 2.05) is 6.92 Å². The molecule has 3 N–H and O–H groups in total. The third-order valence-electron chi connectivity index (χ3n) is 3.92. The predicted octanol–water partition coefficient (Wildman–Crippen LogP) is 0.649. The van der Waals surface area contributed by atoms with Gasteiger partial charge in [-0.25, -0.2) is 26.3 Å². The molecule has 1 fully saturated rings. The van der Waals surface area contributed by atoms with Crippen molar-refractivity contribution in [1.29, 1.82) is 0 Å². The molecule has 7 nitrogen and oxygen atoms in total. The van der Waals surface area contributed by atoms with E-state index in [-0.39, 0.29) is 22.5 Å². The highest BCUT2D eigenvalue weighted by molar-refractivity contribution is 7.91. The van der Waals surface area contributed by atoms with Crippen molar-refractivity contribution in [2.75, 3.05) is 18.8 Å². The molecule has 1 saturated heterocycles. The summed E-state index contributed by atoms with van der Waals surface area (Å²) in [6.45, 7) is 4.70. The van der Waals surface area contributed by atoms with E-state index in [9.17, 15) is 16.8 Å². The van der Waals surface area contributed by atoms with Gasteiger partial charge in [-0.2, -0.15) is 0 Å². The Balaban J connectivity index is 1.93. The zero-order chi connectivity index (χ0) is 17.8. The van der Waals surface area contributed by atoms with Crippen LogP contribution in [0.1, 0.15) is 31.6 Å². The Morgan fingerprint density at radius 1 is 1.29 bits per heavy atom. The Morgan fingerprint density at radius 3 is 2.71 bits per heavy atom. The molecule has 0 amide bonds. The Labute approximate surface area is 148 Å². The lowest BCUT2D eigenvalue weighted by Crippen LogP contribution is -2.46. The van der Waals surface area contributed by atoms with Gasteiger partial charge < -0.3 is 5.32 Å². The van der Waals surface area contributed by atoms with Crippen molar-refractivity contribution < 1.29 is 16.8 Å². The lowest BCUT2D eigenvalue weighted by Gasteiger charge is -2.28. The van der Waals surface area contributed by atoms with Gasteiger partial charge in [-0.3, -0.25) is 0 Å². The lowest BCUT2D eigenvalue weighted by atomic mass is 10.0. The summed E-state index contributed by atoms with van der Waals surface area (Å²) in [5.41, 5.74) is 0. The molecule has 1 aliphatic heterocycles. The van der Waals surface area contributed by atoms with Crippen LogP contribution in [0.3, 0.4) is 0 Å². The normalized spacial score (nSPS) is 22.6. The molecule has 2 heterocycles. The van der Waals surface area contributed by atoms with Crippen LogP contribution in [-0.2, 0) is 26.5 Å². The fraction of sp³-hybridized carbons (Fsp3) is 0.714. The summed E-state index contributed by atoms with van der Waals surface area (Å²) in [6, 6.07) is 3.58. The summed E-state index contributed by atoms with van der Waals surface area (Å²) in [6.07, 6.45) is 2.03. The first kappa shape index (κ1) is 19.8. The molecule has 2 atom stereocenters. The molecule has 138 valence electrons. The zero-order valence-corrected chi connectivity index (χ0v) is 16.4. The fourth-order valence-corrected chi connectivity index (χ4v) is 5.86. The zero-order valence-electron chi connectivity index (χ0n) is 13.9. The van der Waals surface area contributed by atoms with Crippen LogP contribution in [0, 0.1) is 0 Å². The smallest absolute Gasteiger partial charge is 0.250 e. The van der Waals surface area contributed by atoms with Crippen LogP contribution in [0.2, 0.25) is 0 Å². The van der Waals surface area contributed by atoms with Gasteiger partial charge in [-0.05, 0) is 51.8 Å². The lowest BCUT2D eigenvalue weighted by molar-refractivity contribution is 0.361. The quantitative estimate of drug-likeness (QED) is 0.599. The number of piperidine rings is 1. The third-order valence-corrected chi connectivity index (χ3v) is 8.48. The van der Waals surface area contributed by atoms with Crippen molar-refractivity contribution in [1.82, 2.24) is 14.8 Å². The summed E-state index contributed by atoms with van der Waals surface area (Å²) >= 11 is 1.19. The number of rotatable bonds is 8. The first-order valence-corrected chi connectivity index (χ1v) is 12.0. The largest absolute Gasteiger partial charge is 0.314 e. The Bertz CT molecular complexity index is 743. The first-order valence-electron chi connectivity index (χ1n) is 8.03. The highest BCUT2D eigenvalue weighted by Crippen LogP contribution is 2.23. The van der Waals surface area contributed by atoms with E-state index in [1.165, 1.54) is 11.3 Å². The molecule has 10 heteroatoms. The summed E-state index contributed by atoms with van der Waals surface area (Å²) in [5.74, 6) is 0.0374. The highest BCUT2D eigenvalue weighted by atomic mass is 32.2. The van der Waals surface area contributed by atoms with Gasteiger partial charge in [0.15, 0.2) is 0 Å². The molecule has 1 aromatic heterocycles. The van der Waals surface area contributed by atoms with Gasteiger partial charge in [0.1, 0.15) is 4.21 Å². The molecule has 0 aliphatic carbocycles. The van der Waals surface area contributed by atoms with Crippen LogP contribution in [0.4, 0.5) is 0 Å². The maximum atomic E-state index is 12.5. The monoisotopic (exact) mass is 395 g/mol. The molecule has 1 aliphatic rings. The Kier molecular flexibility index (Phi) is 6.80. The van der Waals surface area contributed by atoms with Crippen molar-refractivity contribution >= 4 is 31.4 Å². The minimum atomic E-state index is -3.52. The van der Waals surface area contributed by atoms with Gasteiger partial charge in [0, 0.05) is 23.5 Å². The second kappa shape index (κ2) is 8.24. The van der Waals surface area contributed by atoms with E-state index >= 15 is 0 Å². The van der Waals surface area contributed by atoms with Crippen LogP contribution in [0.15, 0.2) is 16.3 Å². The fourth-order valence-electron chi connectivity index (χ4n) is 2.59. The van der Waals surface area contributed by atoms with Crippen molar-refractivity contribution in [2.45, 2.75) is 49.4 Å². The third kappa shape index (κ3) is 5.78. The van der Waals surface area contributed by atoms with Gasteiger partial charge in [-0.15, -0.1) is 11.3 Å². The Hall–Kier alpha value is -0.520. The highest BCUT2D eigenvalue weighted by Gasteiger charge is 2.25. The van der Waals surface area contributed by atoms with E-state index in [4.69, 9.17) is 0 Å². The predicted molar refractivity (Wildman–Crippen MR) is 96.3 cm³/mol. The number of hydrogen-bond acceptors (Lipinski definition) is 6. The maximum absolute atomic E-state index is 12.5. The Morgan fingerprint density at radius 2 is 2.04 bits per heavy atom. The van der Waals surface area contributed by atoms with E-state index < -0.39 is 20.0 Å². The van der Waals surface area contributed by atoms with E-state index in [1.54, 1.807) is 19.1 Å². The second-order valence-corrected chi connectivity index (χ2v) is 11.2. The molecule has 0 saturated carbocycles. The van der Waals surface area contributed by atoms with E-state index in [0.29, 0.717) is 12.5 Å². The number of thiophene rings is 1. The van der Waals surface area contributed by atoms with E-state index in [2.05, 4.69) is 14.8 Å². The summed E-state index contributed by atoms with van der Waals surface area (Å²) in [7, 11) is -6.74. The van der Waals surface area contributed by atoms with Gasteiger partial charge >= 0.3 is 0 Å². The molecule has 0 aromatic carbocycles. The SMILES string of the molecule is CCS(=O)(=O)NCCc1ccc(S(=O)(=O)NC2CCNC(C)C2)s1. The molecular formula is C14H25N3O4S3. The molecule has 2 rings (SSSR count). The van der Waals surface area contributed by atoms with Gasteiger partial charge in [0.2, 0.25) is 20.0 Å². The number of sulfonamides is 2. The van der Waals surface area contributed by atoms with Crippen molar-refractivity contribution in [3.63, 3.8) is 0 Å². The van der Waals surface area contributed by atoms with Crippen molar-refractivity contribution in [3.05, 3.63) is 17.0 Å². The molecule has 24 heavy (non-hydrogen) atoms. The van der Waals surface area contributed by atoms with Crippen molar-refractivity contribution in [2.24, 2.45) is 0 Å². The standard InChI is InChI=1S/C14H25N3O4S3/c1-3-23(18,19)16-9-7-13-4-5-14(22-13)24(20,21)17-12-6-8-15-11(2)10-12/h4-5,11-12,15-17H,3,6-10H2,1-2H3. The summed E-state index contributed by atoms with van der Waals surface area (Å²) in [4.78, 5) is 0.841. The van der Waals surface area contributed by atoms with Crippen LogP contribution in [-0.4, -0.2) is 47.8 Å². The van der Waals surface area contributed by atoms with Crippen LogP contribution in [0.25, 0.3) is 0 Å². The van der Waals surface area contributed by atoms with Crippen LogP contribution in [0.5, 0.6) is 0 Å². The van der Waals surface area contributed by atoms with E-state index in [0.717, 1.165) is 24.3 Å². The maximum Gasteiger partial charge on any atom is 0.250 e. The summed E-state index contributed by atoms with van der Waals surface area (Å²) < 4.78 is 53.2. The molecule has 2 unspecified atom stereocenters. The van der Waals surface area contributed by atoms with Gasteiger partial charge in [-0.1, -0.05) is 0 Å². The molecule has 0 spiro atoms. The molecule has 0 radical (unpaired) electrons. The number of hydrogen-bond donors (Lipinski definition) is 3. The summed E-state index contributed by atoms with van der Waals surface area (Å²) in [5, 5.41) is 3.29. The molecule has 0 bridgehead atoms. The minimum Gasteiger partial charge on any atom is -0.314 e.